The molecule has 0 heterocycles. The molecular formula is C16H16BrF2NO. The summed E-state index contributed by atoms with van der Waals surface area (Å²) >= 11 is 3.36. The van der Waals surface area contributed by atoms with E-state index in [0.29, 0.717) is 12.2 Å². The van der Waals surface area contributed by atoms with Crippen molar-refractivity contribution in [3.63, 3.8) is 0 Å². The summed E-state index contributed by atoms with van der Waals surface area (Å²) in [5.41, 5.74) is 6.85. The number of benzene rings is 2. The van der Waals surface area contributed by atoms with Crippen molar-refractivity contribution in [1.29, 1.82) is 0 Å². The van der Waals surface area contributed by atoms with Gasteiger partial charge in [0.1, 0.15) is 11.6 Å². The number of halogens is 3. The molecule has 21 heavy (non-hydrogen) atoms. The number of hydrogen-bond acceptors (Lipinski definition) is 2. The molecule has 2 aromatic carbocycles. The molecule has 0 aromatic heterocycles. The fourth-order valence-electron chi connectivity index (χ4n) is 1.90. The summed E-state index contributed by atoms with van der Waals surface area (Å²) < 4.78 is 33.0. The lowest BCUT2D eigenvalue weighted by atomic mass is 10.0. The van der Waals surface area contributed by atoms with Crippen molar-refractivity contribution in [2.75, 3.05) is 0 Å². The Bertz CT molecular complexity index is 634. The molecule has 0 spiro atoms. The summed E-state index contributed by atoms with van der Waals surface area (Å²) in [7, 11) is 0. The Morgan fingerprint density at radius 1 is 1.14 bits per heavy atom. The van der Waals surface area contributed by atoms with E-state index in [1.807, 2.05) is 19.1 Å². The van der Waals surface area contributed by atoms with E-state index in [2.05, 4.69) is 15.9 Å². The van der Waals surface area contributed by atoms with Crippen LogP contribution in [0.5, 0.6) is 11.5 Å². The maximum Gasteiger partial charge on any atom is 0.168 e. The summed E-state index contributed by atoms with van der Waals surface area (Å²) in [5.74, 6) is -0.873. The molecule has 0 aliphatic rings. The van der Waals surface area contributed by atoms with Crippen LogP contribution in [0.4, 0.5) is 8.78 Å². The van der Waals surface area contributed by atoms with Gasteiger partial charge in [0.25, 0.3) is 0 Å². The topological polar surface area (TPSA) is 35.2 Å². The molecule has 0 aliphatic heterocycles. The molecule has 2 N–H and O–H groups in total. The SMILES string of the molecule is CCC(N)Cc1ccc(Br)cc1Oc1ccc(F)cc1F. The van der Waals surface area contributed by atoms with Crippen LogP contribution in [-0.2, 0) is 6.42 Å². The fourth-order valence-corrected chi connectivity index (χ4v) is 2.24. The zero-order valence-electron chi connectivity index (χ0n) is 11.6. The standard InChI is InChI=1S/C16H16BrF2NO/c1-2-13(20)7-10-3-4-11(17)8-16(10)21-15-6-5-12(18)9-14(15)19/h3-6,8-9,13H,2,7,20H2,1H3. The first-order chi connectivity index (χ1) is 9.99. The Kier molecular flexibility index (Phi) is 5.31. The third-order valence-electron chi connectivity index (χ3n) is 3.15. The van der Waals surface area contributed by atoms with Crippen molar-refractivity contribution < 1.29 is 13.5 Å². The molecule has 0 fully saturated rings. The van der Waals surface area contributed by atoms with Gasteiger partial charge in [0.2, 0.25) is 0 Å². The zero-order valence-corrected chi connectivity index (χ0v) is 13.2. The van der Waals surface area contributed by atoms with E-state index in [4.69, 9.17) is 10.5 Å². The smallest absolute Gasteiger partial charge is 0.168 e. The maximum absolute atomic E-state index is 13.7. The molecule has 5 heteroatoms. The number of nitrogens with two attached hydrogens (primary N) is 1. The van der Waals surface area contributed by atoms with Gasteiger partial charge < -0.3 is 10.5 Å². The van der Waals surface area contributed by atoms with Gasteiger partial charge in [-0.25, -0.2) is 8.78 Å². The number of rotatable bonds is 5. The Morgan fingerprint density at radius 3 is 2.57 bits per heavy atom. The van der Waals surface area contributed by atoms with Gasteiger partial charge in [-0.1, -0.05) is 28.9 Å². The molecule has 0 aliphatic carbocycles. The first kappa shape index (κ1) is 15.9. The van der Waals surface area contributed by atoms with Crippen LogP contribution in [-0.4, -0.2) is 6.04 Å². The van der Waals surface area contributed by atoms with Crippen molar-refractivity contribution in [1.82, 2.24) is 0 Å². The minimum atomic E-state index is -0.735. The van der Waals surface area contributed by atoms with E-state index in [1.165, 1.54) is 6.07 Å². The van der Waals surface area contributed by atoms with Gasteiger partial charge in [0.05, 0.1) is 0 Å². The largest absolute Gasteiger partial charge is 0.454 e. The first-order valence-corrected chi connectivity index (χ1v) is 7.45. The normalized spacial score (nSPS) is 12.2. The second-order valence-corrected chi connectivity index (χ2v) is 5.72. The van der Waals surface area contributed by atoms with Crippen molar-refractivity contribution in [2.24, 2.45) is 5.73 Å². The van der Waals surface area contributed by atoms with Gasteiger partial charge >= 0.3 is 0 Å². The van der Waals surface area contributed by atoms with Crippen LogP contribution in [0.2, 0.25) is 0 Å². The molecule has 0 bridgehead atoms. The Morgan fingerprint density at radius 2 is 1.90 bits per heavy atom. The molecule has 2 nitrogen and oxygen atoms in total. The molecule has 0 radical (unpaired) electrons. The van der Waals surface area contributed by atoms with Gasteiger partial charge in [-0.2, -0.15) is 0 Å². The highest BCUT2D eigenvalue weighted by atomic mass is 79.9. The van der Waals surface area contributed by atoms with Gasteiger partial charge in [-0.3, -0.25) is 0 Å². The Hall–Kier alpha value is -1.46. The van der Waals surface area contributed by atoms with Crippen LogP contribution >= 0.6 is 15.9 Å². The van der Waals surface area contributed by atoms with Crippen LogP contribution in [0.1, 0.15) is 18.9 Å². The van der Waals surface area contributed by atoms with E-state index < -0.39 is 11.6 Å². The summed E-state index contributed by atoms with van der Waals surface area (Å²) in [6.45, 7) is 2.00. The van der Waals surface area contributed by atoms with Gasteiger partial charge in [0.15, 0.2) is 11.6 Å². The third kappa shape index (κ3) is 4.25. The molecular weight excluding hydrogens is 340 g/mol. The number of hydrogen-bond donors (Lipinski definition) is 1. The van der Waals surface area contributed by atoms with Crippen LogP contribution in [0.15, 0.2) is 40.9 Å². The second kappa shape index (κ2) is 7.00. The predicted octanol–water partition coefficient (Wildman–Crippen LogP) is 4.80. The lowest BCUT2D eigenvalue weighted by Gasteiger charge is -2.15. The molecule has 2 aromatic rings. The lowest BCUT2D eigenvalue weighted by molar-refractivity contribution is 0.431. The molecule has 2 rings (SSSR count). The minimum Gasteiger partial charge on any atom is -0.454 e. The van der Waals surface area contributed by atoms with E-state index >= 15 is 0 Å². The maximum atomic E-state index is 13.7. The van der Waals surface area contributed by atoms with Gasteiger partial charge in [0, 0.05) is 16.6 Å². The molecule has 0 saturated heterocycles. The molecule has 0 saturated carbocycles. The van der Waals surface area contributed by atoms with Crippen LogP contribution in [0, 0.1) is 11.6 Å². The summed E-state index contributed by atoms with van der Waals surface area (Å²) in [6.07, 6.45) is 1.46. The van der Waals surface area contributed by atoms with Crippen molar-refractivity contribution in [3.8, 4) is 11.5 Å². The highest BCUT2D eigenvalue weighted by Gasteiger charge is 2.12. The first-order valence-electron chi connectivity index (χ1n) is 6.66. The average Bonchev–Trinajstić information content (AvgIpc) is 2.44. The monoisotopic (exact) mass is 355 g/mol. The van der Waals surface area contributed by atoms with Crippen LogP contribution < -0.4 is 10.5 Å². The molecule has 1 unspecified atom stereocenters. The minimum absolute atomic E-state index is 0.00610. The van der Waals surface area contributed by atoms with E-state index in [-0.39, 0.29) is 11.8 Å². The second-order valence-electron chi connectivity index (χ2n) is 4.80. The van der Waals surface area contributed by atoms with Crippen molar-refractivity contribution in [3.05, 3.63) is 58.1 Å². The van der Waals surface area contributed by atoms with E-state index in [1.54, 1.807) is 6.07 Å². The highest BCUT2D eigenvalue weighted by molar-refractivity contribution is 9.10. The fraction of sp³-hybridized carbons (Fsp3) is 0.250. The molecule has 0 amide bonds. The Labute approximate surface area is 131 Å². The van der Waals surface area contributed by atoms with Gasteiger partial charge in [-0.05, 0) is 42.7 Å². The quantitative estimate of drug-likeness (QED) is 0.835. The summed E-state index contributed by atoms with van der Waals surface area (Å²) in [4.78, 5) is 0. The van der Waals surface area contributed by atoms with Gasteiger partial charge in [-0.15, -0.1) is 0 Å². The summed E-state index contributed by atoms with van der Waals surface area (Å²) in [5, 5.41) is 0. The van der Waals surface area contributed by atoms with Crippen LogP contribution in [0.3, 0.4) is 0 Å². The van der Waals surface area contributed by atoms with Crippen molar-refractivity contribution in [2.45, 2.75) is 25.8 Å². The average molecular weight is 356 g/mol. The van der Waals surface area contributed by atoms with Crippen LogP contribution in [0.25, 0.3) is 0 Å². The number of ether oxygens (including phenoxy) is 1. The Balaban J connectivity index is 2.31. The van der Waals surface area contributed by atoms with E-state index in [0.717, 1.165) is 28.6 Å². The van der Waals surface area contributed by atoms with E-state index in [9.17, 15) is 8.78 Å². The lowest BCUT2D eigenvalue weighted by Crippen LogP contribution is -2.21. The zero-order chi connectivity index (χ0) is 15.4. The highest BCUT2D eigenvalue weighted by Crippen LogP contribution is 2.31. The van der Waals surface area contributed by atoms with Crippen molar-refractivity contribution >= 4 is 15.9 Å². The third-order valence-corrected chi connectivity index (χ3v) is 3.64. The molecule has 112 valence electrons. The summed E-state index contributed by atoms with van der Waals surface area (Å²) in [6, 6.07) is 8.75. The molecule has 1 atom stereocenters. The predicted molar refractivity (Wildman–Crippen MR) is 82.5 cm³/mol.